The maximum absolute atomic E-state index is 12.7. The Balaban J connectivity index is 1.77. The van der Waals surface area contributed by atoms with E-state index in [1.165, 1.54) is 0 Å². The molecule has 1 amide bonds. The van der Waals surface area contributed by atoms with Crippen molar-refractivity contribution in [2.75, 3.05) is 13.7 Å². The molecule has 5 heteroatoms. The summed E-state index contributed by atoms with van der Waals surface area (Å²) in [4.78, 5) is 19.1. The summed E-state index contributed by atoms with van der Waals surface area (Å²) in [5.41, 5.74) is 1.29. The molecule has 2 heterocycles. The van der Waals surface area contributed by atoms with E-state index in [-0.39, 0.29) is 18.1 Å². The molecule has 0 spiro atoms. The molecule has 1 aromatic carbocycles. The molecule has 0 N–H and O–H groups in total. The predicted octanol–water partition coefficient (Wildman–Crippen LogP) is 2.56. The van der Waals surface area contributed by atoms with Crippen LogP contribution < -0.4 is 9.47 Å². The van der Waals surface area contributed by atoms with Crippen molar-refractivity contribution < 1.29 is 14.3 Å². The smallest absolute Gasteiger partial charge is 0.256 e. The number of amides is 1. The second-order valence-corrected chi connectivity index (χ2v) is 5.82. The number of carbonyl (C=O) groups excluding carboxylic acids is 1. The van der Waals surface area contributed by atoms with Gasteiger partial charge in [-0.25, -0.2) is 0 Å². The zero-order valence-corrected chi connectivity index (χ0v) is 12.0. The molecule has 1 saturated carbocycles. The fourth-order valence-electron chi connectivity index (χ4n) is 2.97. The van der Waals surface area contributed by atoms with Crippen LogP contribution in [0.25, 0.3) is 0 Å². The Hall–Kier alpha value is -2.04. The molecule has 4 rings (SSSR count). The highest BCUT2D eigenvalue weighted by atomic mass is 16.5. The summed E-state index contributed by atoms with van der Waals surface area (Å²) < 4.78 is 11.3. The lowest BCUT2D eigenvalue weighted by Crippen LogP contribution is -2.35. The van der Waals surface area contributed by atoms with Crippen molar-refractivity contribution in [2.24, 2.45) is 4.99 Å². The first kappa shape index (κ1) is 12.7. The average Bonchev–Trinajstić information content (AvgIpc) is 3.21. The molecule has 2 aliphatic heterocycles. The third kappa shape index (κ3) is 2.17. The molecule has 1 saturated heterocycles. The van der Waals surface area contributed by atoms with E-state index in [9.17, 15) is 4.79 Å². The van der Waals surface area contributed by atoms with E-state index in [1.807, 2.05) is 17.2 Å². The molecule has 1 atom stereocenters. The lowest BCUT2D eigenvalue weighted by atomic mass is 10.1. The van der Waals surface area contributed by atoms with Gasteiger partial charge in [-0.05, 0) is 31.7 Å². The normalized spacial score (nSPS) is 23.6. The summed E-state index contributed by atoms with van der Waals surface area (Å²) in [5.74, 6) is 1.34. The number of fused-ring (bicyclic) bond motifs is 2. The lowest BCUT2D eigenvalue weighted by molar-refractivity contribution is 0.0774. The number of ether oxygens (including phenoxy) is 2. The van der Waals surface area contributed by atoms with Gasteiger partial charge >= 0.3 is 0 Å². The van der Waals surface area contributed by atoms with Gasteiger partial charge in [-0.2, -0.15) is 0 Å². The molecule has 1 aromatic rings. The first-order chi connectivity index (χ1) is 10.3. The Bertz CT molecular complexity index is 622. The lowest BCUT2D eigenvalue weighted by Gasteiger charge is -2.20. The van der Waals surface area contributed by atoms with Crippen LogP contribution in [-0.4, -0.2) is 42.8 Å². The summed E-state index contributed by atoms with van der Waals surface area (Å²) in [6.45, 7) is 0.803. The third-order valence-corrected chi connectivity index (χ3v) is 4.28. The van der Waals surface area contributed by atoms with E-state index in [2.05, 4.69) is 4.99 Å². The van der Waals surface area contributed by atoms with Crippen LogP contribution >= 0.6 is 0 Å². The number of nitrogens with zero attached hydrogens (tertiary/aromatic N) is 2. The average molecular weight is 286 g/mol. The van der Waals surface area contributed by atoms with Crippen LogP contribution in [-0.2, 0) is 0 Å². The Labute approximate surface area is 123 Å². The Morgan fingerprint density at radius 1 is 1.24 bits per heavy atom. The van der Waals surface area contributed by atoms with Crippen molar-refractivity contribution in [3.63, 3.8) is 0 Å². The maximum Gasteiger partial charge on any atom is 0.256 e. The number of benzene rings is 1. The first-order valence-corrected chi connectivity index (χ1v) is 7.50. The van der Waals surface area contributed by atoms with Gasteiger partial charge in [-0.1, -0.05) is 0 Å². The molecule has 2 fully saturated rings. The molecule has 0 unspecified atom stereocenters. The van der Waals surface area contributed by atoms with Crippen LogP contribution in [0.2, 0.25) is 0 Å². The van der Waals surface area contributed by atoms with Crippen LogP contribution in [0.5, 0.6) is 11.5 Å². The topological polar surface area (TPSA) is 51.1 Å². The largest absolute Gasteiger partial charge is 0.493 e. The number of carbonyl (C=O) groups is 1. The van der Waals surface area contributed by atoms with Crippen LogP contribution in [0.3, 0.4) is 0 Å². The molecule has 110 valence electrons. The maximum atomic E-state index is 12.7. The van der Waals surface area contributed by atoms with Crippen molar-refractivity contribution in [2.45, 2.75) is 37.8 Å². The monoisotopic (exact) mass is 286 g/mol. The molecule has 0 bridgehead atoms. The van der Waals surface area contributed by atoms with Gasteiger partial charge in [0.25, 0.3) is 5.91 Å². The van der Waals surface area contributed by atoms with Crippen molar-refractivity contribution in [1.29, 1.82) is 0 Å². The van der Waals surface area contributed by atoms with Gasteiger partial charge < -0.3 is 14.4 Å². The highest BCUT2D eigenvalue weighted by molar-refractivity contribution is 6.03. The molecule has 21 heavy (non-hydrogen) atoms. The van der Waals surface area contributed by atoms with Crippen molar-refractivity contribution in [1.82, 2.24) is 4.90 Å². The van der Waals surface area contributed by atoms with E-state index < -0.39 is 0 Å². The molecule has 3 aliphatic rings. The van der Waals surface area contributed by atoms with Gasteiger partial charge in [0.2, 0.25) is 0 Å². The van der Waals surface area contributed by atoms with E-state index in [0.717, 1.165) is 32.2 Å². The minimum Gasteiger partial charge on any atom is -0.493 e. The second kappa shape index (κ2) is 4.76. The van der Waals surface area contributed by atoms with Gasteiger partial charge in [-0.3, -0.25) is 9.79 Å². The summed E-state index contributed by atoms with van der Waals surface area (Å²) in [6, 6.07) is 3.74. The molecule has 5 nitrogen and oxygen atoms in total. The number of methoxy groups -OCH3 is 1. The Morgan fingerprint density at radius 3 is 2.86 bits per heavy atom. The molecular weight excluding hydrogens is 268 g/mol. The summed E-state index contributed by atoms with van der Waals surface area (Å²) in [7, 11) is 1.60. The second-order valence-electron chi connectivity index (χ2n) is 5.82. The fraction of sp³-hybridized carbons (Fsp3) is 0.500. The summed E-state index contributed by atoms with van der Waals surface area (Å²) in [6.07, 6.45) is 6.37. The first-order valence-electron chi connectivity index (χ1n) is 7.50. The van der Waals surface area contributed by atoms with E-state index >= 15 is 0 Å². The number of hydrogen-bond acceptors (Lipinski definition) is 4. The number of rotatable bonds is 3. The highest BCUT2D eigenvalue weighted by Gasteiger charge is 2.33. The minimum absolute atomic E-state index is 0.0428. The fourth-order valence-corrected chi connectivity index (χ4v) is 2.97. The van der Waals surface area contributed by atoms with Crippen LogP contribution in [0.4, 0.5) is 5.69 Å². The van der Waals surface area contributed by atoms with Crippen molar-refractivity contribution >= 4 is 17.8 Å². The summed E-state index contributed by atoms with van der Waals surface area (Å²) in [5, 5.41) is 0. The van der Waals surface area contributed by atoms with Gasteiger partial charge in [0.15, 0.2) is 11.5 Å². The predicted molar refractivity (Wildman–Crippen MR) is 78.9 cm³/mol. The minimum atomic E-state index is 0.0428. The van der Waals surface area contributed by atoms with Crippen LogP contribution in [0.15, 0.2) is 17.1 Å². The number of aliphatic imine (C=N–C) groups is 1. The Morgan fingerprint density at radius 2 is 2.10 bits per heavy atom. The van der Waals surface area contributed by atoms with Gasteiger partial charge in [0, 0.05) is 18.8 Å². The summed E-state index contributed by atoms with van der Waals surface area (Å²) >= 11 is 0. The molecule has 1 aliphatic carbocycles. The standard InChI is InChI=1S/C16H18N2O3/c1-20-14-7-12-13(8-15(14)21-11-4-5-11)17-9-10-3-2-6-18(10)16(12)19/h7-11H,2-6H2,1H3/t10-/m0/s1. The van der Waals surface area contributed by atoms with Crippen LogP contribution in [0.1, 0.15) is 36.0 Å². The van der Waals surface area contributed by atoms with Gasteiger partial charge in [-0.15, -0.1) is 0 Å². The molecular formula is C16H18N2O3. The van der Waals surface area contributed by atoms with Crippen LogP contribution in [0, 0.1) is 0 Å². The highest BCUT2D eigenvalue weighted by Crippen LogP contribution is 2.40. The SMILES string of the molecule is COc1cc2c(cc1OC1CC1)N=C[C@@H]1CCCN1C2=O. The Kier molecular flexibility index (Phi) is 2.87. The third-order valence-electron chi connectivity index (χ3n) is 4.28. The van der Waals surface area contributed by atoms with Gasteiger partial charge in [0.1, 0.15) is 0 Å². The van der Waals surface area contributed by atoms with Gasteiger partial charge in [0.05, 0.1) is 30.5 Å². The zero-order chi connectivity index (χ0) is 14.4. The van der Waals surface area contributed by atoms with Crippen molar-refractivity contribution in [3.8, 4) is 11.5 Å². The molecule has 0 radical (unpaired) electrons. The molecule has 0 aromatic heterocycles. The quantitative estimate of drug-likeness (QED) is 0.858. The van der Waals surface area contributed by atoms with E-state index in [4.69, 9.17) is 9.47 Å². The van der Waals surface area contributed by atoms with E-state index in [1.54, 1.807) is 13.2 Å². The number of hydrogen-bond donors (Lipinski definition) is 0. The van der Waals surface area contributed by atoms with Crippen molar-refractivity contribution in [3.05, 3.63) is 17.7 Å². The zero-order valence-electron chi connectivity index (χ0n) is 12.0. The van der Waals surface area contributed by atoms with E-state index in [0.29, 0.717) is 22.7 Å².